The Kier molecular flexibility index (Phi) is 6.30. The number of rotatable bonds is 4. The Labute approximate surface area is 200 Å². The van der Waals surface area contributed by atoms with Crippen molar-refractivity contribution in [1.82, 2.24) is 4.57 Å². The molecule has 154 valence electrons. The van der Waals surface area contributed by atoms with Crippen molar-refractivity contribution in [2.45, 2.75) is 17.5 Å². The van der Waals surface area contributed by atoms with E-state index >= 15 is 0 Å². The Balaban J connectivity index is 0.00000245. The first kappa shape index (κ1) is 22.4. The van der Waals surface area contributed by atoms with Crippen LogP contribution in [0.25, 0.3) is 21.9 Å². The number of fused-ring (bicyclic) bond motifs is 2. The number of aliphatic carboxylic acids is 1. The van der Waals surface area contributed by atoms with Gasteiger partial charge in [-0.3, -0.25) is 9.36 Å². The molecule has 0 N–H and O–H groups in total. The van der Waals surface area contributed by atoms with Crippen molar-refractivity contribution in [3.05, 3.63) is 100 Å². The second kappa shape index (κ2) is 8.99. The second-order valence-corrected chi connectivity index (χ2v) is 8.58. The molecule has 0 unspecified atom stereocenters. The van der Waals surface area contributed by atoms with Crippen LogP contribution in [-0.2, 0) is 11.2 Å². The van der Waals surface area contributed by atoms with Crippen molar-refractivity contribution in [2.24, 2.45) is 0 Å². The summed E-state index contributed by atoms with van der Waals surface area (Å²) in [6.07, 6.45) is 0.497. The van der Waals surface area contributed by atoms with Crippen LogP contribution >= 0.6 is 11.8 Å². The van der Waals surface area contributed by atoms with Gasteiger partial charge in [0.15, 0.2) is 0 Å². The van der Waals surface area contributed by atoms with Gasteiger partial charge in [0.1, 0.15) is 5.82 Å². The first-order valence-corrected chi connectivity index (χ1v) is 10.9. The fourth-order valence-electron chi connectivity index (χ4n) is 4.12. The molecule has 0 bridgehead atoms. The summed E-state index contributed by atoms with van der Waals surface area (Å²) in [6.45, 7) is 0. The summed E-state index contributed by atoms with van der Waals surface area (Å²) in [4.78, 5) is 24.5. The van der Waals surface area contributed by atoms with Crippen molar-refractivity contribution in [3.63, 3.8) is 0 Å². The predicted molar refractivity (Wildman–Crippen MR) is 118 cm³/mol. The number of carboxylic acid groups (broad SMARTS) is 1. The van der Waals surface area contributed by atoms with Crippen LogP contribution < -0.4 is 29.5 Å². The molecule has 7 heteroatoms. The molecule has 0 radical (unpaired) electrons. The summed E-state index contributed by atoms with van der Waals surface area (Å²) in [6, 6.07) is 20.8. The molecule has 32 heavy (non-hydrogen) atoms. The SMILES string of the molecule is O=C([O-])[C@@H]1CSc2c(-c3ccc(F)cc3)c(Cc3ccc4ccccc4c3)cc(=O)n21.[Li+]. The smallest absolute Gasteiger partial charge is 0.548 e. The molecule has 0 saturated heterocycles. The molecule has 1 atom stereocenters. The normalized spacial score (nSPS) is 14.7. The first-order chi connectivity index (χ1) is 15.0. The van der Waals surface area contributed by atoms with Crippen LogP contribution in [0.2, 0.25) is 0 Å². The zero-order chi connectivity index (χ0) is 21.5. The zero-order valence-corrected chi connectivity index (χ0v) is 18.2. The number of carbonyl (C=O) groups excluding carboxylic acids is 1. The summed E-state index contributed by atoms with van der Waals surface area (Å²) in [5.74, 6) is -1.41. The molecule has 1 aliphatic rings. The predicted octanol–water partition coefficient (Wildman–Crippen LogP) is 0.799. The summed E-state index contributed by atoms with van der Waals surface area (Å²) in [5.41, 5.74) is 2.96. The van der Waals surface area contributed by atoms with Crippen LogP contribution in [0.5, 0.6) is 0 Å². The van der Waals surface area contributed by atoms with E-state index in [9.17, 15) is 19.1 Å². The van der Waals surface area contributed by atoms with E-state index in [4.69, 9.17) is 0 Å². The van der Waals surface area contributed by atoms with Crippen LogP contribution in [0, 0.1) is 5.82 Å². The summed E-state index contributed by atoms with van der Waals surface area (Å²) >= 11 is 1.32. The molecule has 3 aromatic carbocycles. The second-order valence-electron chi connectivity index (χ2n) is 7.57. The maximum absolute atomic E-state index is 13.6. The number of pyridine rings is 1. The van der Waals surface area contributed by atoms with Gasteiger partial charge in [0.2, 0.25) is 0 Å². The maximum atomic E-state index is 13.6. The number of hydrogen-bond acceptors (Lipinski definition) is 4. The molecule has 1 aliphatic heterocycles. The van der Waals surface area contributed by atoms with Crippen LogP contribution in [0.15, 0.2) is 82.6 Å². The van der Waals surface area contributed by atoms with Gasteiger partial charge in [0.05, 0.1) is 17.0 Å². The topological polar surface area (TPSA) is 62.1 Å². The monoisotopic (exact) mass is 437 g/mol. The van der Waals surface area contributed by atoms with Crippen molar-refractivity contribution >= 4 is 28.5 Å². The molecular weight excluding hydrogens is 420 g/mol. The molecule has 0 amide bonds. The van der Waals surface area contributed by atoms with Crippen molar-refractivity contribution in [2.75, 3.05) is 5.75 Å². The van der Waals surface area contributed by atoms with E-state index in [0.717, 1.165) is 33.0 Å². The summed E-state index contributed by atoms with van der Waals surface area (Å²) in [5, 5.41) is 14.4. The molecule has 0 saturated carbocycles. The number of nitrogens with zero attached hydrogens (tertiary/aromatic N) is 1. The van der Waals surface area contributed by atoms with E-state index < -0.39 is 12.0 Å². The van der Waals surface area contributed by atoms with Gasteiger partial charge in [-0.2, -0.15) is 0 Å². The van der Waals surface area contributed by atoms with E-state index in [2.05, 4.69) is 6.07 Å². The molecule has 0 spiro atoms. The Hall–Kier alpha value is -2.78. The standard InChI is InChI=1S/C25H18FNO3S.Li/c26-20-9-7-17(8-10-20)23-19(12-15-5-6-16-3-1-2-4-18(16)11-15)13-22(28)27-21(25(29)30)14-31-24(23)27;/h1-11,13,21H,12,14H2,(H,29,30);/q;+1/p-1/t21-;/m0./s1. The van der Waals surface area contributed by atoms with Crippen LogP contribution in [0.4, 0.5) is 4.39 Å². The Morgan fingerprint density at radius 2 is 1.75 bits per heavy atom. The number of carbonyl (C=O) groups is 1. The van der Waals surface area contributed by atoms with Gasteiger partial charge < -0.3 is 9.90 Å². The fourth-order valence-corrected chi connectivity index (χ4v) is 5.48. The average Bonchev–Trinajstić information content (AvgIpc) is 3.21. The molecule has 0 aliphatic carbocycles. The van der Waals surface area contributed by atoms with E-state index in [1.54, 1.807) is 12.1 Å². The van der Waals surface area contributed by atoms with Gasteiger partial charge in [-0.05, 0) is 46.0 Å². The van der Waals surface area contributed by atoms with Crippen molar-refractivity contribution < 1.29 is 33.2 Å². The average molecular weight is 437 g/mol. The van der Waals surface area contributed by atoms with Gasteiger partial charge in [-0.25, -0.2) is 4.39 Å². The van der Waals surface area contributed by atoms with Gasteiger partial charge in [-0.1, -0.05) is 54.6 Å². The molecule has 4 aromatic rings. The quantitative estimate of drug-likeness (QED) is 0.443. The third-order valence-corrected chi connectivity index (χ3v) is 6.75. The van der Waals surface area contributed by atoms with Gasteiger partial charge in [0, 0.05) is 17.4 Å². The summed E-state index contributed by atoms with van der Waals surface area (Å²) < 4.78 is 14.9. The largest absolute Gasteiger partial charge is 1.00 e. The van der Waals surface area contributed by atoms with Crippen LogP contribution in [-0.4, -0.2) is 16.3 Å². The van der Waals surface area contributed by atoms with E-state index in [1.807, 2.05) is 36.4 Å². The number of thioether (sulfide) groups is 1. The van der Waals surface area contributed by atoms with Gasteiger partial charge in [0.25, 0.3) is 5.56 Å². The van der Waals surface area contributed by atoms with E-state index in [1.165, 1.54) is 34.5 Å². The third kappa shape index (κ3) is 4.02. The van der Waals surface area contributed by atoms with Crippen LogP contribution in [0.3, 0.4) is 0 Å². The minimum Gasteiger partial charge on any atom is -0.548 e. The van der Waals surface area contributed by atoms with E-state index in [-0.39, 0.29) is 36.0 Å². The Morgan fingerprint density at radius 1 is 1.03 bits per heavy atom. The van der Waals surface area contributed by atoms with Gasteiger partial charge >= 0.3 is 18.9 Å². The molecule has 1 aromatic heterocycles. The minimum atomic E-state index is -1.28. The molecular formula is C25H17FLiNO3S. The first-order valence-electron chi connectivity index (χ1n) is 9.87. The molecule has 5 rings (SSSR count). The molecule has 4 nitrogen and oxygen atoms in total. The summed E-state index contributed by atoms with van der Waals surface area (Å²) in [7, 11) is 0. The molecule has 0 fully saturated rings. The number of halogens is 1. The van der Waals surface area contributed by atoms with Crippen molar-refractivity contribution in [1.29, 1.82) is 0 Å². The zero-order valence-electron chi connectivity index (χ0n) is 17.4. The number of carboxylic acids is 1. The number of benzene rings is 3. The number of aromatic nitrogens is 1. The fraction of sp³-hybridized carbons (Fsp3) is 0.120. The van der Waals surface area contributed by atoms with Crippen LogP contribution in [0.1, 0.15) is 17.2 Å². The maximum Gasteiger partial charge on any atom is 1.00 e. The van der Waals surface area contributed by atoms with Crippen molar-refractivity contribution in [3.8, 4) is 11.1 Å². The Bertz CT molecular complexity index is 1380. The minimum absolute atomic E-state index is 0. The molecule has 2 heterocycles. The van der Waals surface area contributed by atoms with Gasteiger partial charge in [-0.15, -0.1) is 11.8 Å². The van der Waals surface area contributed by atoms with E-state index in [0.29, 0.717) is 11.4 Å². The Morgan fingerprint density at radius 3 is 2.47 bits per heavy atom. The third-order valence-electron chi connectivity index (χ3n) is 5.59. The number of hydrogen-bond donors (Lipinski definition) is 0.